The highest BCUT2D eigenvalue weighted by atomic mass is 16.5. The first-order chi connectivity index (χ1) is 15.3. The summed E-state index contributed by atoms with van der Waals surface area (Å²) in [5.74, 6) is 0.369. The predicted octanol–water partition coefficient (Wildman–Crippen LogP) is 2.04. The van der Waals surface area contributed by atoms with Gasteiger partial charge in [0.25, 0.3) is 5.91 Å². The third kappa shape index (κ3) is 5.83. The number of hydrogen-bond donors (Lipinski definition) is 2. The number of hydrogen-bond acceptors (Lipinski definition) is 6. The Morgan fingerprint density at radius 1 is 1.31 bits per heavy atom. The van der Waals surface area contributed by atoms with Crippen LogP contribution >= 0.6 is 0 Å². The predicted molar refractivity (Wildman–Crippen MR) is 123 cm³/mol. The van der Waals surface area contributed by atoms with E-state index in [9.17, 15) is 14.7 Å². The second-order valence-electron chi connectivity index (χ2n) is 8.66. The van der Waals surface area contributed by atoms with Gasteiger partial charge in [0.2, 0.25) is 5.91 Å². The van der Waals surface area contributed by atoms with Crippen LogP contribution in [0.15, 0.2) is 42.7 Å². The van der Waals surface area contributed by atoms with Gasteiger partial charge < -0.3 is 25.0 Å². The number of ether oxygens (including phenoxy) is 1. The van der Waals surface area contributed by atoms with Crippen LogP contribution in [0.5, 0.6) is 5.75 Å². The van der Waals surface area contributed by atoms with Crippen molar-refractivity contribution in [2.24, 2.45) is 5.92 Å². The molecule has 0 saturated heterocycles. The van der Waals surface area contributed by atoms with Crippen molar-refractivity contribution in [2.45, 2.75) is 32.4 Å². The molecule has 0 fully saturated rings. The molecule has 3 atom stereocenters. The van der Waals surface area contributed by atoms with Gasteiger partial charge in [-0.05, 0) is 51.4 Å². The maximum Gasteiger partial charge on any atom is 0.255 e. The number of aromatic nitrogens is 1. The number of fused-ring (bicyclic) bond motifs is 1. The van der Waals surface area contributed by atoms with E-state index < -0.39 is 0 Å². The molecule has 0 radical (unpaired) electrons. The highest BCUT2D eigenvalue weighted by molar-refractivity contribution is 6.04. The Morgan fingerprint density at radius 2 is 2.03 bits per heavy atom. The molecule has 2 N–H and O–H groups in total. The zero-order valence-electron chi connectivity index (χ0n) is 19.1. The van der Waals surface area contributed by atoms with E-state index in [-0.39, 0.29) is 42.9 Å². The van der Waals surface area contributed by atoms with E-state index in [1.165, 1.54) is 0 Å². The number of aliphatic hydroxyl groups is 1. The summed E-state index contributed by atoms with van der Waals surface area (Å²) >= 11 is 0. The molecule has 0 aliphatic carbocycles. The van der Waals surface area contributed by atoms with E-state index in [1.807, 2.05) is 27.1 Å². The Balaban J connectivity index is 1.92. The van der Waals surface area contributed by atoms with Gasteiger partial charge in [0, 0.05) is 48.2 Å². The standard InChI is InChI=1S/C24H32N4O4/c1-16-13-28(17(2)15-29)23(30)12-19-11-20(26-24(31)18-7-9-25-10-8-18)5-6-21(19)32-22(16)14-27(3)4/h5-11,16-17,22,29H,12-15H2,1-4H3,(H,26,31)/t16-,17-,22+/m1/s1. The molecule has 8 nitrogen and oxygen atoms in total. The first-order valence-corrected chi connectivity index (χ1v) is 10.8. The number of nitrogens with zero attached hydrogens (tertiary/aromatic N) is 3. The number of likely N-dealkylation sites (N-methyl/N-ethyl adjacent to an activating group) is 1. The van der Waals surface area contributed by atoms with Gasteiger partial charge >= 0.3 is 0 Å². The van der Waals surface area contributed by atoms with E-state index >= 15 is 0 Å². The first-order valence-electron chi connectivity index (χ1n) is 10.8. The van der Waals surface area contributed by atoms with Crippen molar-refractivity contribution < 1.29 is 19.4 Å². The number of rotatable bonds is 6. The molecule has 1 aromatic carbocycles. The Kier molecular flexibility index (Phi) is 7.82. The fourth-order valence-electron chi connectivity index (χ4n) is 3.79. The average Bonchev–Trinajstić information content (AvgIpc) is 2.81. The fraction of sp³-hybridized carbons (Fsp3) is 0.458. The Bertz CT molecular complexity index is 935. The summed E-state index contributed by atoms with van der Waals surface area (Å²) in [6, 6.07) is 8.37. The van der Waals surface area contributed by atoms with Gasteiger partial charge in [-0.1, -0.05) is 6.92 Å². The second-order valence-corrected chi connectivity index (χ2v) is 8.66. The molecular formula is C24H32N4O4. The molecule has 2 amide bonds. The van der Waals surface area contributed by atoms with Crippen molar-refractivity contribution in [1.29, 1.82) is 0 Å². The molecule has 0 saturated carbocycles. The normalized spacial score (nSPS) is 19.9. The van der Waals surface area contributed by atoms with Crippen LogP contribution in [0, 0.1) is 5.92 Å². The van der Waals surface area contributed by atoms with Crippen molar-refractivity contribution in [3.8, 4) is 5.75 Å². The summed E-state index contributed by atoms with van der Waals surface area (Å²) in [4.78, 5) is 33.4. The lowest BCUT2D eigenvalue weighted by Gasteiger charge is -2.33. The summed E-state index contributed by atoms with van der Waals surface area (Å²) in [6.07, 6.45) is 3.11. The number of nitrogens with one attached hydrogen (secondary N) is 1. The van der Waals surface area contributed by atoms with Gasteiger partial charge in [-0.25, -0.2) is 0 Å². The molecule has 1 aromatic heterocycles. The van der Waals surface area contributed by atoms with E-state index in [4.69, 9.17) is 4.74 Å². The van der Waals surface area contributed by atoms with Crippen LogP contribution in [-0.4, -0.2) is 77.6 Å². The van der Waals surface area contributed by atoms with Crippen LogP contribution in [0.2, 0.25) is 0 Å². The third-order valence-corrected chi connectivity index (χ3v) is 5.66. The van der Waals surface area contributed by atoms with E-state index in [0.717, 1.165) is 0 Å². The number of carbonyl (C=O) groups excluding carboxylic acids is 2. The van der Waals surface area contributed by atoms with Crippen molar-refractivity contribution in [2.75, 3.05) is 39.1 Å². The van der Waals surface area contributed by atoms with Crippen molar-refractivity contribution in [3.05, 3.63) is 53.9 Å². The topological polar surface area (TPSA) is 95.0 Å². The zero-order chi connectivity index (χ0) is 23.3. The molecule has 2 aromatic rings. The van der Waals surface area contributed by atoms with E-state index in [1.54, 1.807) is 41.6 Å². The molecular weight excluding hydrogens is 408 g/mol. The molecule has 1 aliphatic heterocycles. The molecule has 32 heavy (non-hydrogen) atoms. The van der Waals surface area contributed by atoms with Crippen LogP contribution in [-0.2, 0) is 11.2 Å². The Morgan fingerprint density at radius 3 is 2.69 bits per heavy atom. The lowest BCUT2D eigenvalue weighted by molar-refractivity contribution is -0.134. The van der Waals surface area contributed by atoms with Gasteiger partial charge in [-0.15, -0.1) is 0 Å². The summed E-state index contributed by atoms with van der Waals surface area (Å²) in [5.41, 5.74) is 1.79. The molecule has 1 aliphatic rings. The number of aliphatic hydroxyl groups excluding tert-OH is 1. The zero-order valence-corrected chi connectivity index (χ0v) is 19.1. The van der Waals surface area contributed by atoms with E-state index in [0.29, 0.717) is 35.7 Å². The number of amides is 2. The lowest BCUT2D eigenvalue weighted by atomic mass is 10.0. The van der Waals surface area contributed by atoms with Crippen LogP contribution in [0.25, 0.3) is 0 Å². The third-order valence-electron chi connectivity index (χ3n) is 5.66. The SMILES string of the molecule is C[C@@H]1CN([C@H](C)CO)C(=O)Cc2cc(NC(=O)c3ccncc3)ccc2O[C@H]1CN(C)C. The highest BCUT2D eigenvalue weighted by Gasteiger charge is 2.30. The minimum atomic E-state index is -0.291. The molecule has 0 bridgehead atoms. The molecule has 0 unspecified atom stereocenters. The molecule has 8 heteroatoms. The molecule has 0 spiro atoms. The molecule has 2 heterocycles. The Labute approximate surface area is 189 Å². The fourth-order valence-corrected chi connectivity index (χ4v) is 3.79. The maximum absolute atomic E-state index is 13.2. The summed E-state index contributed by atoms with van der Waals surface area (Å²) in [7, 11) is 3.97. The number of anilines is 1. The monoisotopic (exact) mass is 440 g/mol. The Hall–Kier alpha value is -2.97. The molecule has 172 valence electrons. The highest BCUT2D eigenvalue weighted by Crippen LogP contribution is 2.29. The summed E-state index contributed by atoms with van der Waals surface area (Å²) in [6.45, 7) is 4.99. The second kappa shape index (κ2) is 10.6. The van der Waals surface area contributed by atoms with Crippen LogP contribution in [0.4, 0.5) is 5.69 Å². The van der Waals surface area contributed by atoms with Gasteiger partial charge in [-0.2, -0.15) is 0 Å². The van der Waals surface area contributed by atoms with Crippen LogP contribution in [0.3, 0.4) is 0 Å². The summed E-state index contributed by atoms with van der Waals surface area (Å²) < 4.78 is 6.39. The van der Waals surface area contributed by atoms with Crippen molar-refractivity contribution in [3.63, 3.8) is 0 Å². The molecule has 3 rings (SSSR count). The first kappa shape index (κ1) is 23.7. The minimum Gasteiger partial charge on any atom is -0.488 e. The van der Waals surface area contributed by atoms with Crippen LogP contribution < -0.4 is 10.1 Å². The number of benzene rings is 1. The quantitative estimate of drug-likeness (QED) is 0.714. The van der Waals surface area contributed by atoms with Crippen LogP contribution in [0.1, 0.15) is 29.8 Å². The van der Waals surface area contributed by atoms with Crippen molar-refractivity contribution in [1.82, 2.24) is 14.8 Å². The summed E-state index contributed by atoms with van der Waals surface area (Å²) in [5, 5.41) is 12.6. The number of carbonyl (C=O) groups is 2. The van der Waals surface area contributed by atoms with Gasteiger partial charge in [0.1, 0.15) is 11.9 Å². The van der Waals surface area contributed by atoms with Gasteiger partial charge in [0.05, 0.1) is 19.1 Å². The lowest BCUT2D eigenvalue weighted by Crippen LogP contribution is -2.47. The maximum atomic E-state index is 13.2. The smallest absolute Gasteiger partial charge is 0.255 e. The van der Waals surface area contributed by atoms with Gasteiger partial charge in [0.15, 0.2) is 0 Å². The van der Waals surface area contributed by atoms with E-state index in [2.05, 4.69) is 22.1 Å². The van der Waals surface area contributed by atoms with Crippen molar-refractivity contribution >= 4 is 17.5 Å². The largest absolute Gasteiger partial charge is 0.488 e. The van der Waals surface area contributed by atoms with Gasteiger partial charge in [-0.3, -0.25) is 14.6 Å². The number of pyridine rings is 1. The minimum absolute atomic E-state index is 0.0624. The average molecular weight is 441 g/mol.